The van der Waals surface area contributed by atoms with Crippen LogP contribution in [0.4, 0.5) is 22.7 Å². The topological polar surface area (TPSA) is 153 Å². The summed E-state index contributed by atoms with van der Waals surface area (Å²) in [5, 5.41) is 59.9. The quantitative estimate of drug-likeness (QED) is 0.00885. The van der Waals surface area contributed by atoms with Crippen molar-refractivity contribution in [1.82, 2.24) is 0 Å². The molecule has 0 bridgehead atoms. The Labute approximate surface area is 433 Å². The molecule has 0 aliphatic heterocycles. The van der Waals surface area contributed by atoms with Gasteiger partial charge in [0.2, 0.25) is 0 Å². The van der Waals surface area contributed by atoms with Crippen LogP contribution in [0.25, 0.3) is 0 Å². The summed E-state index contributed by atoms with van der Waals surface area (Å²) in [6, 6.07) is 43.7. The van der Waals surface area contributed by atoms with E-state index in [9.17, 15) is 30.6 Å². The molecule has 6 N–H and O–H groups in total. The summed E-state index contributed by atoms with van der Waals surface area (Å²) < 4.78 is 0. The molecule has 0 aromatic heterocycles. The van der Waals surface area contributed by atoms with Gasteiger partial charge in [0.1, 0.15) is 4.87 Å². The minimum Gasteiger partial charge on any atom is -0.395 e. The van der Waals surface area contributed by atoms with E-state index in [2.05, 4.69) is 61.2 Å². The van der Waals surface area contributed by atoms with E-state index in [-0.39, 0.29) is 58.8 Å². The van der Waals surface area contributed by atoms with Gasteiger partial charge in [0.25, 0.3) is 0 Å². The zero-order chi connectivity index (χ0) is 50.8. The number of aliphatic hydroxyl groups is 6. The molecule has 0 spiro atoms. The van der Waals surface area contributed by atoms with E-state index >= 15 is 0 Å². The first-order valence-corrected chi connectivity index (χ1v) is 25.1. The van der Waals surface area contributed by atoms with Gasteiger partial charge in [-0.3, -0.25) is 0 Å². The molecule has 0 aliphatic rings. The summed E-state index contributed by atoms with van der Waals surface area (Å²) in [5.41, 5.74) is 11.5. The molecule has 0 saturated carbocycles. The molecule has 0 aliphatic carbocycles. The normalized spacial score (nSPS) is 12.7. The van der Waals surface area contributed by atoms with Gasteiger partial charge in [-0.25, -0.2) is 9.78 Å². The van der Waals surface area contributed by atoms with Gasteiger partial charge in [-0.05, 0) is 131 Å². The van der Waals surface area contributed by atoms with Crippen LogP contribution >= 0.6 is 34.8 Å². The Morgan fingerprint density at radius 1 is 0.408 bits per heavy atom. The Bertz CT molecular complexity index is 2510. The minimum absolute atomic E-state index is 0.0157. The lowest BCUT2D eigenvalue weighted by molar-refractivity contribution is -0.290. The monoisotopic (exact) mass is 1030 g/mol. The molecular weight excluding hydrogens is 963 g/mol. The second-order valence-corrected chi connectivity index (χ2v) is 18.7. The van der Waals surface area contributed by atoms with E-state index in [0.29, 0.717) is 62.4 Å². The number of rotatable bonds is 29. The van der Waals surface area contributed by atoms with Crippen molar-refractivity contribution in [2.75, 3.05) is 125 Å². The maximum atomic E-state index is 10.1. The second-order valence-electron chi connectivity index (χ2n) is 17.3. The van der Waals surface area contributed by atoms with Crippen molar-refractivity contribution in [3.05, 3.63) is 188 Å². The van der Waals surface area contributed by atoms with Gasteiger partial charge in [0.15, 0.2) is 0 Å². The van der Waals surface area contributed by atoms with Crippen molar-refractivity contribution in [3.63, 3.8) is 0 Å². The zero-order valence-electron chi connectivity index (χ0n) is 40.5. The summed E-state index contributed by atoms with van der Waals surface area (Å²) in [4.78, 5) is 18.3. The van der Waals surface area contributed by atoms with E-state index in [4.69, 9.17) is 44.6 Å². The van der Waals surface area contributed by atoms with Crippen molar-refractivity contribution in [2.45, 2.75) is 24.6 Å². The molecule has 0 fully saturated rings. The van der Waals surface area contributed by atoms with Crippen LogP contribution in [0, 0.1) is 13.8 Å². The summed E-state index contributed by atoms with van der Waals surface area (Å²) in [6.07, 6.45) is 0. The fourth-order valence-corrected chi connectivity index (χ4v) is 9.77. The van der Waals surface area contributed by atoms with Gasteiger partial charge in [-0.1, -0.05) is 83.9 Å². The molecular formula is C56H67Cl3N4O8. The molecule has 6 aromatic carbocycles. The summed E-state index contributed by atoms with van der Waals surface area (Å²) in [5.74, 6) is -0.105. The summed E-state index contributed by atoms with van der Waals surface area (Å²) in [7, 11) is 0. The SMILES string of the molecule is Cc1cc(N(CCO)CCO)ccc1C(c1ccc(Cl)cc1)c1ccc(N(CCO)CCOOCCN(CCO)c2ccc(C(Cl)(c3ccc(Cl)cc3)c3ccc(N(CCO)CCO)cc3)cc2)cc1C. The van der Waals surface area contributed by atoms with Crippen LogP contribution in [0.2, 0.25) is 10.0 Å². The predicted octanol–water partition coefficient (Wildman–Crippen LogP) is 8.15. The van der Waals surface area contributed by atoms with Crippen molar-refractivity contribution in [2.24, 2.45) is 0 Å². The fraction of sp³-hybridized carbons (Fsp3) is 0.357. The summed E-state index contributed by atoms with van der Waals surface area (Å²) >= 11 is 20.3. The zero-order valence-corrected chi connectivity index (χ0v) is 42.8. The predicted molar refractivity (Wildman–Crippen MR) is 288 cm³/mol. The molecule has 0 heterocycles. The fourth-order valence-electron chi connectivity index (χ4n) is 9.14. The molecule has 380 valence electrons. The summed E-state index contributed by atoms with van der Waals surface area (Å²) in [6.45, 7) is 7.68. The van der Waals surface area contributed by atoms with Crippen molar-refractivity contribution >= 4 is 57.6 Å². The van der Waals surface area contributed by atoms with Crippen LogP contribution in [0.3, 0.4) is 0 Å². The van der Waals surface area contributed by atoms with Gasteiger partial charge < -0.3 is 50.2 Å². The lowest BCUT2D eigenvalue weighted by Crippen LogP contribution is -2.32. The van der Waals surface area contributed by atoms with Gasteiger partial charge in [-0.2, -0.15) is 0 Å². The van der Waals surface area contributed by atoms with Crippen molar-refractivity contribution < 1.29 is 40.4 Å². The van der Waals surface area contributed by atoms with Gasteiger partial charge in [0, 0.05) is 91.1 Å². The number of anilines is 4. The average Bonchev–Trinajstić information content (AvgIpc) is 3.38. The molecule has 6 rings (SSSR count). The largest absolute Gasteiger partial charge is 0.395 e. The highest BCUT2D eigenvalue weighted by molar-refractivity contribution is 6.31. The molecule has 2 unspecified atom stereocenters. The van der Waals surface area contributed by atoms with Crippen LogP contribution in [0.5, 0.6) is 0 Å². The van der Waals surface area contributed by atoms with Crippen LogP contribution in [-0.4, -0.2) is 136 Å². The third kappa shape index (κ3) is 14.4. The van der Waals surface area contributed by atoms with Crippen molar-refractivity contribution in [3.8, 4) is 0 Å². The number of aliphatic hydroxyl groups excluding tert-OH is 6. The first-order chi connectivity index (χ1) is 34.5. The molecule has 71 heavy (non-hydrogen) atoms. The molecule has 0 radical (unpaired) electrons. The maximum Gasteiger partial charge on any atom is 0.119 e. The first kappa shape index (κ1) is 55.4. The molecule has 2 atom stereocenters. The molecule has 0 amide bonds. The van der Waals surface area contributed by atoms with Crippen molar-refractivity contribution in [1.29, 1.82) is 0 Å². The lowest BCUT2D eigenvalue weighted by Gasteiger charge is -2.31. The minimum atomic E-state index is -1.08. The van der Waals surface area contributed by atoms with Gasteiger partial charge in [-0.15, -0.1) is 11.6 Å². The van der Waals surface area contributed by atoms with E-state index < -0.39 is 4.87 Å². The van der Waals surface area contributed by atoms with E-state index in [0.717, 1.165) is 67.3 Å². The number of nitrogens with zero attached hydrogens (tertiary/aromatic N) is 4. The van der Waals surface area contributed by atoms with E-state index in [1.807, 2.05) is 106 Å². The molecule has 12 nitrogen and oxygen atoms in total. The Kier molecular flexibility index (Phi) is 21.7. The third-order valence-corrected chi connectivity index (χ3v) is 13.9. The van der Waals surface area contributed by atoms with Crippen LogP contribution in [0.15, 0.2) is 133 Å². The first-order valence-electron chi connectivity index (χ1n) is 24.0. The van der Waals surface area contributed by atoms with E-state index in [1.54, 1.807) is 0 Å². The number of hydrogen-bond donors (Lipinski definition) is 6. The highest BCUT2D eigenvalue weighted by atomic mass is 35.5. The molecule has 6 aromatic rings. The number of alkyl halides is 1. The van der Waals surface area contributed by atoms with Crippen LogP contribution < -0.4 is 19.6 Å². The number of aryl methyl sites for hydroxylation is 2. The van der Waals surface area contributed by atoms with Gasteiger partial charge >= 0.3 is 0 Å². The van der Waals surface area contributed by atoms with Crippen LogP contribution in [0.1, 0.15) is 50.4 Å². The van der Waals surface area contributed by atoms with Gasteiger partial charge in [0.05, 0.1) is 52.9 Å². The Morgan fingerprint density at radius 2 is 0.704 bits per heavy atom. The average molecular weight is 1030 g/mol. The van der Waals surface area contributed by atoms with E-state index in [1.165, 1.54) is 0 Å². The van der Waals surface area contributed by atoms with Crippen LogP contribution in [-0.2, 0) is 14.6 Å². The molecule has 0 saturated heterocycles. The second kappa shape index (κ2) is 27.8. The maximum absolute atomic E-state index is 10.1. The number of benzene rings is 6. The number of halogens is 3. The molecule has 15 heteroatoms. The highest BCUT2D eigenvalue weighted by Gasteiger charge is 2.34. The lowest BCUT2D eigenvalue weighted by atomic mass is 9.81. The highest BCUT2D eigenvalue weighted by Crippen LogP contribution is 2.45. The Morgan fingerprint density at radius 3 is 1.06 bits per heavy atom. The standard InChI is InChI=1S/C56H67Cl3N4O8/c1-41-39-51(61(25-33-66)26-34-67)19-21-53(41)55(43-3-11-47(57)12-4-43)54-22-20-52(40-42(54)2)63(28-36-69)30-38-71-70-37-29-62(27-35-68)50-17-9-46(10-18-50)56(59,44-5-13-48(58)14-6-44)45-7-15-49(16-8-45)60(23-31-64)24-32-65/h3-22,39-40,55,64-69H,23-38H2,1-2H3. The Hall–Kier alpha value is -4.93. The number of hydrogen-bond acceptors (Lipinski definition) is 12. The Balaban J connectivity index is 1.11. The third-order valence-electron chi connectivity index (χ3n) is 12.8. The smallest absolute Gasteiger partial charge is 0.119 e.